The summed E-state index contributed by atoms with van der Waals surface area (Å²) in [6, 6.07) is 6.02. The summed E-state index contributed by atoms with van der Waals surface area (Å²) in [6.07, 6.45) is 0. The van der Waals surface area contributed by atoms with Crippen molar-refractivity contribution in [2.75, 3.05) is 20.8 Å². The van der Waals surface area contributed by atoms with Crippen LogP contribution in [0.3, 0.4) is 0 Å². The van der Waals surface area contributed by atoms with Gasteiger partial charge in [0, 0.05) is 6.54 Å². The van der Waals surface area contributed by atoms with Gasteiger partial charge in [-0.15, -0.1) is 0 Å². The summed E-state index contributed by atoms with van der Waals surface area (Å²) in [5.74, 6) is 0.0186. The van der Waals surface area contributed by atoms with Crippen LogP contribution in [0.15, 0.2) is 29.2 Å². The topological polar surface area (TPSA) is 72.7 Å². The second-order valence-electron chi connectivity index (χ2n) is 4.45. The van der Waals surface area contributed by atoms with Crippen molar-refractivity contribution in [3.8, 4) is 5.75 Å². The molecule has 0 amide bonds. The summed E-state index contributed by atoms with van der Waals surface area (Å²) in [5.41, 5.74) is -1.09. The summed E-state index contributed by atoms with van der Waals surface area (Å²) in [6.45, 7) is 1.67. The molecule has 1 saturated heterocycles. The molecule has 2 atom stereocenters. The Balaban J connectivity index is 2.27. The number of esters is 1. The number of carbonyl (C=O) groups excluding carboxylic acids is 1. The van der Waals surface area contributed by atoms with Gasteiger partial charge in [-0.05, 0) is 31.2 Å². The van der Waals surface area contributed by atoms with E-state index >= 15 is 0 Å². The van der Waals surface area contributed by atoms with Crippen LogP contribution < -0.4 is 4.74 Å². The van der Waals surface area contributed by atoms with Crippen molar-refractivity contribution in [2.45, 2.75) is 17.4 Å². The molecule has 0 bridgehead atoms. The van der Waals surface area contributed by atoms with Crippen LogP contribution in [0.2, 0.25) is 0 Å². The van der Waals surface area contributed by atoms with Gasteiger partial charge in [-0.2, -0.15) is 4.31 Å². The molecule has 1 aliphatic rings. The molecule has 0 aromatic heterocycles. The van der Waals surface area contributed by atoms with E-state index in [1.54, 1.807) is 19.1 Å². The Labute approximate surface area is 112 Å². The van der Waals surface area contributed by atoms with Gasteiger partial charge in [0.15, 0.2) is 0 Å². The fourth-order valence-corrected chi connectivity index (χ4v) is 3.62. The van der Waals surface area contributed by atoms with Gasteiger partial charge < -0.3 is 9.47 Å². The second kappa shape index (κ2) is 4.50. The molecule has 0 radical (unpaired) electrons. The van der Waals surface area contributed by atoms with Crippen molar-refractivity contribution >= 4 is 16.0 Å². The Morgan fingerprint density at radius 1 is 1.26 bits per heavy atom. The zero-order valence-corrected chi connectivity index (χ0v) is 11.7. The number of methoxy groups -OCH3 is 2. The molecule has 1 aliphatic heterocycles. The lowest BCUT2D eigenvalue weighted by molar-refractivity contribution is -0.143. The maximum Gasteiger partial charge on any atom is 0.328 e. The summed E-state index contributed by atoms with van der Waals surface area (Å²) in [5, 5.41) is 0. The van der Waals surface area contributed by atoms with E-state index < -0.39 is 21.5 Å². The molecular formula is C12H15NO5S. The normalized spacial score (nSPS) is 25.7. The van der Waals surface area contributed by atoms with Crippen molar-refractivity contribution in [1.29, 1.82) is 0 Å². The molecule has 7 heteroatoms. The molecule has 1 heterocycles. The molecule has 0 spiro atoms. The predicted octanol–water partition coefficient (Wildman–Crippen LogP) is 0.631. The zero-order valence-electron chi connectivity index (χ0n) is 10.9. The second-order valence-corrected chi connectivity index (χ2v) is 6.31. The maximum atomic E-state index is 12.3. The molecule has 1 aromatic carbocycles. The van der Waals surface area contributed by atoms with E-state index in [0.29, 0.717) is 5.75 Å². The number of hydrogen-bond acceptors (Lipinski definition) is 5. The monoisotopic (exact) mass is 285 g/mol. The quantitative estimate of drug-likeness (QED) is 0.599. The van der Waals surface area contributed by atoms with E-state index in [9.17, 15) is 13.2 Å². The van der Waals surface area contributed by atoms with Gasteiger partial charge in [-0.25, -0.2) is 13.2 Å². The zero-order chi connectivity index (χ0) is 14.3. The summed E-state index contributed by atoms with van der Waals surface area (Å²) in [4.78, 5) is 11.7. The molecule has 104 valence electrons. The maximum absolute atomic E-state index is 12.3. The van der Waals surface area contributed by atoms with Crippen molar-refractivity contribution < 1.29 is 22.7 Å². The van der Waals surface area contributed by atoms with E-state index in [2.05, 4.69) is 4.74 Å². The van der Waals surface area contributed by atoms with Crippen molar-refractivity contribution in [2.24, 2.45) is 0 Å². The highest BCUT2D eigenvalue weighted by Gasteiger charge is 2.61. The molecule has 19 heavy (non-hydrogen) atoms. The van der Waals surface area contributed by atoms with E-state index in [4.69, 9.17) is 4.74 Å². The van der Waals surface area contributed by atoms with Gasteiger partial charge in [0.25, 0.3) is 0 Å². The van der Waals surface area contributed by atoms with Crippen LogP contribution >= 0.6 is 0 Å². The Hall–Kier alpha value is -1.60. The van der Waals surface area contributed by atoms with Crippen LogP contribution in [0.4, 0.5) is 0 Å². The third kappa shape index (κ3) is 2.19. The standard InChI is InChI=1S/C12H15NO5S/c1-12(11(14)18-3)8-13(12)19(15,16)10-6-4-9(17-2)5-7-10/h4-7H,8H2,1-3H3. The fraction of sp³-hybridized carbons (Fsp3) is 0.417. The molecule has 0 saturated carbocycles. The number of benzene rings is 1. The van der Waals surface area contributed by atoms with Crippen LogP contribution in [0.1, 0.15) is 6.92 Å². The number of hydrogen-bond donors (Lipinski definition) is 0. The first kappa shape index (κ1) is 13.8. The lowest BCUT2D eigenvalue weighted by Crippen LogP contribution is -2.30. The smallest absolute Gasteiger partial charge is 0.328 e. The van der Waals surface area contributed by atoms with Crippen LogP contribution in [0, 0.1) is 0 Å². The van der Waals surface area contributed by atoms with Crippen LogP contribution in [-0.2, 0) is 19.6 Å². The number of carbonyl (C=O) groups is 1. The third-order valence-corrected chi connectivity index (χ3v) is 5.15. The lowest BCUT2D eigenvalue weighted by atomic mass is 10.2. The molecule has 1 aromatic rings. The molecule has 2 rings (SSSR count). The minimum Gasteiger partial charge on any atom is -0.497 e. The summed E-state index contributed by atoms with van der Waals surface area (Å²) in [7, 11) is -0.934. The van der Waals surface area contributed by atoms with E-state index in [0.717, 1.165) is 4.31 Å². The summed E-state index contributed by atoms with van der Waals surface area (Å²) < 4.78 is 35.3. The van der Waals surface area contributed by atoms with Crippen molar-refractivity contribution in [3.63, 3.8) is 0 Å². The highest BCUT2D eigenvalue weighted by molar-refractivity contribution is 7.89. The molecule has 2 unspecified atom stereocenters. The first-order valence-corrected chi connectivity index (χ1v) is 7.05. The number of sulfonamides is 1. The van der Waals surface area contributed by atoms with E-state index in [1.807, 2.05) is 0 Å². The first-order chi connectivity index (χ1) is 8.86. The number of nitrogens with zero attached hydrogens (tertiary/aromatic N) is 1. The molecular weight excluding hydrogens is 270 g/mol. The lowest BCUT2D eigenvalue weighted by Gasteiger charge is -2.11. The summed E-state index contributed by atoms with van der Waals surface area (Å²) >= 11 is 0. The molecule has 0 N–H and O–H groups in total. The fourth-order valence-electron chi connectivity index (χ4n) is 1.86. The highest BCUT2D eigenvalue weighted by atomic mass is 32.2. The van der Waals surface area contributed by atoms with Gasteiger partial charge >= 0.3 is 5.97 Å². The minimum atomic E-state index is -3.68. The van der Waals surface area contributed by atoms with E-state index in [-0.39, 0.29) is 11.4 Å². The minimum absolute atomic E-state index is 0.126. The van der Waals surface area contributed by atoms with Gasteiger partial charge in [0.05, 0.1) is 19.1 Å². The van der Waals surface area contributed by atoms with E-state index in [1.165, 1.54) is 26.4 Å². The SMILES string of the molecule is COC(=O)C1(C)CN1S(=O)(=O)c1ccc(OC)cc1. The van der Waals surface area contributed by atoms with Crippen molar-refractivity contribution in [1.82, 2.24) is 4.31 Å². The molecule has 6 nitrogen and oxygen atoms in total. The Morgan fingerprint density at radius 2 is 1.84 bits per heavy atom. The van der Waals surface area contributed by atoms with Gasteiger partial charge in [-0.3, -0.25) is 0 Å². The first-order valence-electron chi connectivity index (χ1n) is 5.61. The molecule has 1 fully saturated rings. The van der Waals surface area contributed by atoms with Crippen LogP contribution in [-0.4, -0.2) is 45.0 Å². The van der Waals surface area contributed by atoms with Crippen LogP contribution in [0.5, 0.6) is 5.75 Å². The third-order valence-electron chi connectivity index (χ3n) is 3.17. The number of ether oxygens (including phenoxy) is 2. The average Bonchev–Trinajstić information content (AvgIpc) is 3.12. The number of rotatable bonds is 4. The van der Waals surface area contributed by atoms with Crippen LogP contribution in [0.25, 0.3) is 0 Å². The Morgan fingerprint density at radius 3 is 2.32 bits per heavy atom. The van der Waals surface area contributed by atoms with Gasteiger partial charge in [0.2, 0.25) is 10.0 Å². The predicted molar refractivity (Wildman–Crippen MR) is 67.3 cm³/mol. The Bertz CT molecular complexity index is 595. The Kier molecular flexibility index (Phi) is 3.27. The van der Waals surface area contributed by atoms with Crippen molar-refractivity contribution in [3.05, 3.63) is 24.3 Å². The average molecular weight is 285 g/mol. The van der Waals surface area contributed by atoms with Gasteiger partial charge in [0.1, 0.15) is 11.3 Å². The largest absolute Gasteiger partial charge is 0.497 e. The highest BCUT2D eigenvalue weighted by Crippen LogP contribution is 2.39. The van der Waals surface area contributed by atoms with Gasteiger partial charge in [-0.1, -0.05) is 0 Å². The molecule has 0 aliphatic carbocycles.